The van der Waals surface area contributed by atoms with Gasteiger partial charge in [0.25, 0.3) is 0 Å². The van der Waals surface area contributed by atoms with Gasteiger partial charge in [0.1, 0.15) is 5.67 Å². The number of alkyl halides is 1. The highest BCUT2D eigenvalue weighted by Crippen LogP contribution is 2.70. The summed E-state index contributed by atoms with van der Waals surface area (Å²) in [5, 5.41) is 1.12. The summed E-state index contributed by atoms with van der Waals surface area (Å²) in [6.45, 7) is 7.15. The van der Waals surface area contributed by atoms with E-state index in [1.165, 1.54) is 18.4 Å². The Kier molecular flexibility index (Phi) is 5.20. The van der Waals surface area contributed by atoms with E-state index in [0.717, 1.165) is 42.9 Å². The molecule has 0 bridgehead atoms. The lowest BCUT2D eigenvalue weighted by atomic mass is 9.46. The average molecular weight is 426 g/mol. The average Bonchev–Trinajstić information content (AvgIpc) is 3.00. The summed E-state index contributed by atoms with van der Waals surface area (Å²) in [4.78, 5) is 4.47. The summed E-state index contributed by atoms with van der Waals surface area (Å²) in [5.41, 5.74) is 0.239. The lowest BCUT2D eigenvalue weighted by Crippen LogP contribution is -2.59. The van der Waals surface area contributed by atoms with Gasteiger partial charge in [0.05, 0.1) is 5.03 Å². The number of rotatable bonds is 4. The molecule has 30 heavy (non-hydrogen) atoms. The molecule has 0 amide bonds. The Hall–Kier alpha value is -1.09. The number of allylic oxidation sites excluding steroid dienone is 4. The second-order valence-electron chi connectivity index (χ2n) is 10.8. The number of nitrogens with zero attached hydrogens (tertiary/aromatic N) is 1. The second kappa shape index (κ2) is 7.50. The zero-order valence-electron chi connectivity index (χ0n) is 18.7. The van der Waals surface area contributed by atoms with Crippen LogP contribution in [-0.4, -0.2) is 16.4 Å². The second-order valence-corrected chi connectivity index (χ2v) is 11.9. The summed E-state index contributed by atoms with van der Waals surface area (Å²) in [5.74, 6) is 3.27. The molecule has 0 radical (unpaired) electrons. The van der Waals surface area contributed by atoms with Crippen molar-refractivity contribution in [2.24, 2.45) is 34.5 Å². The summed E-state index contributed by atoms with van der Waals surface area (Å²) < 4.78 is 17.0. The van der Waals surface area contributed by atoms with Crippen molar-refractivity contribution in [1.82, 2.24) is 4.98 Å². The largest absolute Gasteiger partial charge is 0.250 e. The fourth-order valence-corrected chi connectivity index (χ4v) is 8.92. The van der Waals surface area contributed by atoms with Crippen LogP contribution in [0, 0.1) is 34.5 Å². The Morgan fingerprint density at radius 1 is 1.20 bits per heavy atom. The van der Waals surface area contributed by atoms with E-state index in [-0.39, 0.29) is 11.3 Å². The van der Waals surface area contributed by atoms with Crippen LogP contribution in [0.3, 0.4) is 0 Å². The van der Waals surface area contributed by atoms with Crippen molar-refractivity contribution in [2.75, 3.05) is 5.75 Å². The summed E-state index contributed by atoms with van der Waals surface area (Å²) in [6.07, 6.45) is 16.0. The number of pyridine rings is 1. The molecule has 0 aliphatic heterocycles. The molecule has 3 fully saturated rings. The van der Waals surface area contributed by atoms with E-state index < -0.39 is 5.67 Å². The summed E-state index contributed by atoms with van der Waals surface area (Å²) in [7, 11) is 0. The maximum atomic E-state index is 17.0. The molecule has 4 aliphatic rings. The highest BCUT2D eigenvalue weighted by molar-refractivity contribution is 7.99. The maximum absolute atomic E-state index is 17.0. The molecule has 3 heteroatoms. The summed E-state index contributed by atoms with van der Waals surface area (Å²) in [6, 6.07) is 6.16. The first-order valence-electron chi connectivity index (χ1n) is 12.0. The SMILES string of the molecule is C[C@@H]1C[C@H]2[C@@H]3CCC4=CCC=C[C@]4(C)[C@@]3(F)CC[C@]2(C)[C@H]1CCSc1ccccn1. The molecule has 0 saturated heterocycles. The standard InChI is InChI=1S/C27H36FNS/c1-19-18-23-22-11-10-20-8-4-6-13-26(20,3)27(22,28)15-14-25(23,2)21(19)12-17-30-24-9-5-7-16-29-24/h5-9,13,16,19,21-23H,4,10-12,14-15,17-18H2,1-3H3/t19-,21+,22+,23+,25-,26+,27-/m1/s1. The molecule has 1 aromatic heterocycles. The monoisotopic (exact) mass is 425 g/mol. The Bertz CT molecular complexity index is 850. The van der Waals surface area contributed by atoms with Gasteiger partial charge in [0.2, 0.25) is 0 Å². The molecule has 0 aromatic carbocycles. The minimum Gasteiger partial charge on any atom is -0.250 e. The predicted octanol–water partition coefficient (Wildman–Crippen LogP) is 7.65. The molecular weight excluding hydrogens is 389 g/mol. The third-order valence-electron chi connectivity index (χ3n) is 9.63. The van der Waals surface area contributed by atoms with Crippen LogP contribution in [-0.2, 0) is 0 Å². The van der Waals surface area contributed by atoms with Gasteiger partial charge < -0.3 is 0 Å². The minimum absolute atomic E-state index is 0.219. The molecule has 3 saturated carbocycles. The van der Waals surface area contributed by atoms with Gasteiger partial charge in [0.15, 0.2) is 0 Å². The topological polar surface area (TPSA) is 12.9 Å². The maximum Gasteiger partial charge on any atom is 0.126 e. The van der Waals surface area contributed by atoms with Gasteiger partial charge in [-0.15, -0.1) is 11.8 Å². The van der Waals surface area contributed by atoms with Crippen LogP contribution in [0.4, 0.5) is 4.39 Å². The van der Waals surface area contributed by atoms with Crippen molar-refractivity contribution >= 4 is 11.8 Å². The van der Waals surface area contributed by atoms with Gasteiger partial charge in [0, 0.05) is 11.6 Å². The fraction of sp³-hybridized carbons (Fsp3) is 0.667. The van der Waals surface area contributed by atoms with Gasteiger partial charge in [-0.3, -0.25) is 0 Å². The lowest BCUT2D eigenvalue weighted by molar-refractivity contribution is -0.126. The van der Waals surface area contributed by atoms with Crippen LogP contribution in [0.2, 0.25) is 0 Å². The first-order valence-corrected chi connectivity index (χ1v) is 13.0. The first-order chi connectivity index (χ1) is 14.4. The quantitative estimate of drug-likeness (QED) is 0.363. The third-order valence-corrected chi connectivity index (χ3v) is 10.6. The van der Waals surface area contributed by atoms with E-state index in [2.05, 4.69) is 56.1 Å². The van der Waals surface area contributed by atoms with E-state index in [4.69, 9.17) is 0 Å². The molecule has 5 rings (SSSR count). The lowest BCUT2D eigenvalue weighted by Gasteiger charge is -2.60. The van der Waals surface area contributed by atoms with Gasteiger partial charge >= 0.3 is 0 Å². The van der Waals surface area contributed by atoms with Gasteiger partial charge in [-0.25, -0.2) is 9.37 Å². The molecule has 162 valence electrons. The van der Waals surface area contributed by atoms with Crippen molar-refractivity contribution < 1.29 is 4.39 Å². The number of aromatic nitrogens is 1. The molecular formula is C27H36FNS. The molecule has 1 nitrogen and oxygen atoms in total. The number of fused-ring (bicyclic) bond motifs is 5. The minimum atomic E-state index is -1.06. The van der Waals surface area contributed by atoms with Crippen molar-refractivity contribution in [2.45, 2.75) is 76.4 Å². The van der Waals surface area contributed by atoms with Gasteiger partial charge in [-0.2, -0.15) is 0 Å². The Morgan fingerprint density at radius 3 is 2.87 bits per heavy atom. The predicted molar refractivity (Wildman–Crippen MR) is 124 cm³/mol. The highest BCUT2D eigenvalue weighted by Gasteiger charge is 2.66. The first kappa shape index (κ1) is 20.8. The van der Waals surface area contributed by atoms with E-state index in [9.17, 15) is 0 Å². The Balaban J connectivity index is 1.36. The molecule has 0 N–H and O–H groups in total. The van der Waals surface area contributed by atoms with Gasteiger partial charge in [-0.1, -0.05) is 43.7 Å². The molecule has 7 atom stereocenters. The smallest absolute Gasteiger partial charge is 0.126 e. The zero-order valence-corrected chi connectivity index (χ0v) is 19.6. The number of thioether (sulfide) groups is 1. The Labute approximate surface area is 186 Å². The highest BCUT2D eigenvalue weighted by atomic mass is 32.2. The molecule has 1 aromatic rings. The van der Waals surface area contributed by atoms with Crippen LogP contribution in [0.1, 0.15) is 65.7 Å². The van der Waals surface area contributed by atoms with Crippen molar-refractivity contribution in [3.05, 3.63) is 48.2 Å². The normalized spacial score (nSPS) is 44.7. The van der Waals surface area contributed by atoms with Crippen LogP contribution in [0.5, 0.6) is 0 Å². The fourth-order valence-electron chi connectivity index (χ4n) is 8.03. The number of hydrogen-bond donors (Lipinski definition) is 0. The van der Waals surface area contributed by atoms with E-state index >= 15 is 4.39 Å². The molecule has 0 spiro atoms. The van der Waals surface area contributed by atoms with Crippen LogP contribution >= 0.6 is 11.8 Å². The van der Waals surface area contributed by atoms with Crippen molar-refractivity contribution in [3.63, 3.8) is 0 Å². The van der Waals surface area contributed by atoms with Crippen LogP contribution < -0.4 is 0 Å². The van der Waals surface area contributed by atoms with Crippen molar-refractivity contribution in [1.29, 1.82) is 0 Å². The van der Waals surface area contributed by atoms with Gasteiger partial charge in [-0.05, 0) is 98.8 Å². The van der Waals surface area contributed by atoms with Crippen molar-refractivity contribution in [3.8, 4) is 0 Å². The van der Waals surface area contributed by atoms with Crippen LogP contribution in [0.15, 0.2) is 53.2 Å². The number of halogens is 1. The number of hydrogen-bond acceptors (Lipinski definition) is 2. The molecule has 0 unspecified atom stereocenters. The molecule has 4 aliphatic carbocycles. The van der Waals surface area contributed by atoms with E-state index in [0.29, 0.717) is 23.2 Å². The third kappa shape index (κ3) is 2.98. The van der Waals surface area contributed by atoms with Crippen LogP contribution in [0.25, 0.3) is 0 Å². The summed E-state index contributed by atoms with van der Waals surface area (Å²) >= 11 is 1.88. The molecule has 1 heterocycles. The zero-order chi connectivity index (χ0) is 21.0. The Morgan fingerprint density at radius 2 is 2.07 bits per heavy atom. The van der Waals surface area contributed by atoms with E-state index in [1.54, 1.807) is 0 Å². The van der Waals surface area contributed by atoms with E-state index in [1.807, 2.05) is 24.0 Å².